The number of anilines is 1. The van der Waals surface area contributed by atoms with Crippen LogP contribution in [-0.4, -0.2) is 20.6 Å². The minimum Gasteiger partial charge on any atom is -0.321 e. The lowest BCUT2D eigenvalue weighted by molar-refractivity contribution is 0.102. The van der Waals surface area contributed by atoms with Gasteiger partial charge >= 0.3 is 0 Å². The van der Waals surface area contributed by atoms with Crippen molar-refractivity contribution in [1.82, 2.24) is 0 Å². The molecule has 0 aliphatic heterocycles. The van der Waals surface area contributed by atoms with E-state index in [9.17, 15) is 13.2 Å². The first-order valence-electron chi connectivity index (χ1n) is 5.52. The van der Waals surface area contributed by atoms with Crippen molar-refractivity contribution in [3.8, 4) is 0 Å². The van der Waals surface area contributed by atoms with E-state index >= 15 is 0 Å². The minimum absolute atomic E-state index is 0.204. The van der Waals surface area contributed by atoms with Crippen molar-refractivity contribution in [1.29, 1.82) is 0 Å². The smallest absolute Gasteiger partial charge is 0.255 e. The molecular formula is C13H13NO3S2. The summed E-state index contributed by atoms with van der Waals surface area (Å²) in [7, 11) is -3.23. The van der Waals surface area contributed by atoms with Gasteiger partial charge in [-0.3, -0.25) is 4.79 Å². The van der Waals surface area contributed by atoms with Crippen molar-refractivity contribution in [2.45, 2.75) is 11.8 Å². The number of hydrogen-bond acceptors (Lipinski definition) is 4. The van der Waals surface area contributed by atoms with Crippen LogP contribution in [-0.2, 0) is 9.84 Å². The van der Waals surface area contributed by atoms with E-state index in [2.05, 4.69) is 5.32 Å². The molecule has 4 nitrogen and oxygen atoms in total. The average Bonchev–Trinajstić information content (AvgIpc) is 2.74. The zero-order valence-electron chi connectivity index (χ0n) is 10.5. The highest BCUT2D eigenvalue weighted by atomic mass is 32.2. The second kappa shape index (κ2) is 5.14. The molecule has 0 atom stereocenters. The van der Waals surface area contributed by atoms with Crippen LogP contribution in [0.2, 0.25) is 0 Å². The van der Waals surface area contributed by atoms with Gasteiger partial charge < -0.3 is 5.32 Å². The van der Waals surface area contributed by atoms with Gasteiger partial charge in [0.1, 0.15) is 0 Å². The molecule has 1 aromatic carbocycles. The van der Waals surface area contributed by atoms with Gasteiger partial charge in [0.05, 0.1) is 10.6 Å². The molecule has 0 bridgehead atoms. The summed E-state index contributed by atoms with van der Waals surface area (Å²) in [5.74, 6) is -0.249. The first-order valence-corrected chi connectivity index (χ1v) is 8.35. The Bertz CT molecular complexity index is 700. The Morgan fingerprint density at radius 2 is 1.79 bits per heavy atom. The number of aryl methyl sites for hydroxylation is 1. The molecule has 1 N–H and O–H groups in total. The Morgan fingerprint density at radius 3 is 2.26 bits per heavy atom. The summed E-state index contributed by atoms with van der Waals surface area (Å²) < 4.78 is 22.6. The lowest BCUT2D eigenvalue weighted by atomic mass is 10.2. The van der Waals surface area contributed by atoms with Gasteiger partial charge in [0.15, 0.2) is 9.84 Å². The van der Waals surface area contributed by atoms with Gasteiger partial charge in [0, 0.05) is 17.2 Å². The summed E-state index contributed by atoms with van der Waals surface area (Å²) in [6.07, 6.45) is 1.14. The van der Waals surface area contributed by atoms with Gasteiger partial charge in [-0.05, 0) is 42.1 Å². The summed E-state index contributed by atoms with van der Waals surface area (Å²) in [6.45, 7) is 1.92. The van der Waals surface area contributed by atoms with Crippen LogP contribution in [0.5, 0.6) is 0 Å². The van der Waals surface area contributed by atoms with Crippen LogP contribution >= 0.6 is 11.3 Å². The first-order chi connectivity index (χ1) is 8.88. The molecule has 100 valence electrons. The normalized spacial score (nSPS) is 11.3. The fourth-order valence-corrected chi connectivity index (χ4v) is 2.95. The van der Waals surface area contributed by atoms with E-state index in [0.29, 0.717) is 5.56 Å². The lowest BCUT2D eigenvalue weighted by Crippen LogP contribution is -2.12. The zero-order valence-corrected chi connectivity index (χ0v) is 12.1. The van der Waals surface area contributed by atoms with E-state index in [1.165, 1.54) is 35.6 Å². The van der Waals surface area contributed by atoms with Gasteiger partial charge in [-0.25, -0.2) is 8.42 Å². The molecule has 1 amide bonds. The molecule has 0 saturated carbocycles. The molecule has 0 saturated heterocycles. The molecular weight excluding hydrogens is 282 g/mol. The van der Waals surface area contributed by atoms with Crippen molar-refractivity contribution in [2.24, 2.45) is 0 Å². The largest absolute Gasteiger partial charge is 0.321 e. The highest BCUT2D eigenvalue weighted by Gasteiger charge is 2.11. The van der Waals surface area contributed by atoms with E-state index in [1.54, 1.807) is 0 Å². The number of hydrogen-bond donors (Lipinski definition) is 1. The van der Waals surface area contributed by atoms with Crippen molar-refractivity contribution >= 4 is 32.8 Å². The van der Waals surface area contributed by atoms with Gasteiger partial charge in [0.25, 0.3) is 5.91 Å². The molecule has 6 heteroatoms. The topological polar surface area (TPSA) is 63.2 Å². The number of nitrogens with one attached hydrogen (secondary N) is 1. The first kappa shape index (κ1) is 13.8. The van der Waals surface area contributed by atoms with Crippen LogP contribution in [0.1, 0.15) is 15.9 Å². The van der Waals surface area contributed by atoms with Gasteiger partial charge in [0.2, 0.25) is 0 Å². The number of rotatable bonds is 3. The third-order valence-corrected chi connectivity index (χ3v) is 4.64. The summed E-state index contributed by atoms with van der Waals surface area (Å²) in [6, 6.07) is 5.89. The molecule has 0 radical (unpaired) electrons. The predicted octanol–water partition coefficient (Wildman–Crippen LogP) is 2.71. The van der Waals surface area contributed by atoms with E-state index in [1.807, 2.05) is 17.7 Å². The third kappa shape index (κ3) is 3.21. The van der Waals surface area contributed by atoms with Gasteiger partial charge in [-0.15, -0.1) is 11.3 Å². The summed E-state index contributed by atoms with van der Waals surface area (Å²) >= 11 is 1.52. The van der Waals surface area contributed by atoms with Crippen LogP contribution in [0, 0.1) is 6.92 Å². The van der Waals surface area contributed by atoms with Crippen LogP contribution in [0.25, 0.3) is 0 Å². The Kier molecular flexibility index (Phi) is 3.73. The van der Waals surface area contributed by atoms with Gasteiger partial charge in [-0.2, -0.15) is 0 Å². The monoisotopic (exact) mass is 295 g/mol. The van der Waals surface area contributed by atoms with E-state index in [0.717, 1.165) is 17.5 Å². The summed E-state index contributed by atoms with van der Waals surface area (Å²) in [5.41, 5.74) is 2.21. The van der Waals surface area contributed by atoms with Crippen molar-refractivity contribution in [2.75, 3.05) is 11.6 Å². The Hall–Kier alpha value is -1.66. The van der Waals surface area contributed by atoms with Crippen molar-refractivity contribution < 1.29 is 13.2 Å². The second-order valence-electron chi connectivity index (χ2n) is 4.22. The maximum atomic E-state index is 12.0. The highest BCUT2D eigenvalue weighted by Crippen LogP contribution is 2.20. The number of thiophene rings is 1. The Morgan fingerprint density at radius 1 is 1.16 bits per heavy atom. The van der Waals surface area contributed by atoms with Crippen LogP contribution in [0.4, 0.5) is 5.69 Å². The fraction of sp³-hybridized carbons (Fsp3) is 0.154. The summed E-state index contributed by atoms with van der Waals surface area (Å²) in [4.78, 5) is 12.2. The molecule has 2 rings (SSSR count). The molecule has 0 fully saturated rings. The standard InChI is InChI=1S/C13H13NO3S2/c1-9-7-18-8-12(9)14-13(15)10-3-5-11(6-4-10)19(2,16)17/h3-8H,1-2H3,(H,14,15). The summed E-state index contributed by atoms with van der Waals surface area (Å²) in [5, 5.41) is 6.59. The van der Waals surface area contributed by atoms with Crippen molar-refractivity contribution in [3.05, 3.63) is 46.2 Å². The minimum atomic E-state index is -3.23. The number of benzene rings is 1. The Balaban J connectivity index is 2.19. The number of amides is 1. The third-order valence-electron chi connectivity index (χ3n) is 2.65. The quantitative estimate of drug-likeness (QED) is 0.947. The number of sulfone groups is 1. The van der Waals surface area contributed by atoms with Crippen LogP contribution in [0.3, 0.4) is 0 Å². The molecule has 0 spiro atoms. The molecule has 0 unspecified atom stereocenters. The SMILES string of the molecule is Cc1cscc1NC(=O)c1ccc(S(C)(=O)=O)cc1. The zero-order chi connectivity index (χ0) is 14.0. The molecule has 2 aromatic rings. The Labute approximate surface area is 116 Å². The maximum Gasteiger partial charge on any atom is 0.255 e. The van der Waals surface area contributed by atoms with E-state index in [-0.39, 0.29) is 10.8 Å². The lowest BCUT2D eigenvalue weighted by Gasteiger charge is -2.05. The van der Waals surface area contributed by atoms with Crippen LogP contribution < -0.4 is 5.32 Å². The second-order valence-corrected chi connectivity index (χ2v) is 6.98. The molecule has 1 heterocycles. The van der Waals surface area contributed by atoms with Crippen molar-refractivity contribution in [3.63, 3.8) is 0 Å². The number of carbonyl (C=O) groups excluding carboxylic acids is 1. The molecule has 0 aliphatic rings. The van der Waals surface area contributed by atoms with Gasteiger partial charge in [-0.1, -0.05) is 0 Å². The van der Waals surface area contributed by atoms with E-state index in [4.69, 9.17) is 0 Å². The molecule has 1 aromatic heterocycles. The van der Waals surface area contributed by atoms with E-state index < -0.39 is 9.84 Å². The highest BCUT2D eigenvalue weighted by molar-refractivity contribution is 7.90. The number of carbonyl (C=O) groups is 1. The van der Waals surface area contributed by atoms with Crippen LogP contribution in [0.15, 0.2) is 39.9 Å². The fourth-order valence-electron chi connectivity index (χ4n) is 1.54. The predicted molar refractivity (Wildman–Crippen MR) is 76.6 cm³/mol. The average molecular weight is 295 g/mol. The maximum absolute atomic E-state index is 12.0. The molecule has 0 aliphatic carbocycles. The molecule has 19 heavy (non-hydrogen) atoms.